The molecule has 0 spiro atoms. The average Bonchev–Trinajstić information content (AvgIpc) is 3.32. The van der Waals surface area contributed by atoms with Crippen molar-refractivity contribution in [3.63, 3.8) is 0 Å². The molecule has 7 heteroatoms. The van der Waals surface area contributed by atoms with Crippen molar-refractivity contribution in [2.45, 2.75) is 12.6 Å². The molecular weight excluding hydrogens is 441 g/mol. The first-order valence-corrected chi connectivity index (χ1v) is 9.67. The molecule has 1 aliphatic heterocycles. The molecule has 5 rings (SSSR count). The van der Waals surface area contributed by atoms with Crippen molar-refractivity contribution in [3.05, 3.63) is 104 Å². The van der Waals surface area contributed by atoms with Crippen LogP contribution in [0.1, 0.15) is 33.5 Å². The Morgan fingerprint density at radius 2 is 1.86 bits per heavy atom. The molecular formula is C22H13BrFNO4. The summed E-state index contributed by atoms with van der Waals surface area (Å²) in [5.41, 5.74) is 0.917. The average molecular weight is 454 g/mol. The first-order chi connectivity index (χ1) is 14.0. The number of benzene rings is 2. The van der Waals surface area contributed by atoms with Crippen LogP contribution in [0.3, 0.4) is 0 Å². The van der Waals surface area contributed by atoms with Crippen LogP contribution in [-0.4, -0.2) is 10.8 Å². The molecule has 0 unspecified atom stereocenters. The standard InChI is InChI=1S/C22H13BrFNO4/c23-13-5-8-17-16(10-13)20(26)18-19(12-3-6-14(24)7-4-12)25(22(27)21(18)29-17)11-15-2-1-9-28-15/h1-10,19H,11H2/t19-/m0/s1. The van der Waals surface area contributed by atoms with E-state index >= 15 is 0 Å². The molecule has 3 heterocycles. The summed E-state index contributed by atoms with van der Waals surface area (Å²) in [5.74, 6) is -0.235. The largest absolute Gasteiger partial charge is 0.467 e. The van der Waals surface area contributed by atoms with Gasteiger partial charge in [-0.2, -0.15) is 0 Å². The van der Waals surface area contributed by atoms with Crippen molar-refractivity contribution in [3.8, 4) is 0 Å². The van der Waals surface area contributed by atoms with Gasteiger partial charge in [0.2, 0.25) is 5.76 Å². The number of nitrogens with zero attached hydrogens (tertiary/aromatic N) is 1. The van der Waals surface area contributed by atoms with Gasteiger partial charge in [0.15, 0.2) is 5.43 Å². The highest BCUT2D eigenvalue weighted by Gasteiger charge is 2.43. The van der Waals surface area contributed by atoms with Crippen LogP contribution in [-0.2, 0) is 6.54 Å². The van der Waals surface area contributed by atoms with Gasteiger partial charge >= 0.3 is 0 Å². The van der Waals surface area contributed by atoms with Gasteiger partial charge in [0.25, 0.3) is 5.91 Å². The minimum Gasteiger partial charge on any atom is -0.467 e. The van der Waals surface area contributed by atoms with E-state index in [4.69, 9.17) is 8.83 Å². The lowest BCUT2D eigenvalue weighted by atomic mass is 9.98. The maximum atomic E-state index is 13.5. The third-order valence-corrected chi connectivity index (χ3v) is 5.51. The SMILES string of the molecule is O=C1c2oc3ccc(Br)cc3c(=O)c2[C@H](c2ccc(F)cc2)N1Cc1ccco1. The fraction of sp³-hybridized carbons (Fsp3) is 0.0909. The number of amides is 1. The second-order valence-corrected chi connectivity index (χ2v) is 7.70. The van der Waals surface area contributed by atoms with E-state index in [0.29, 0.717) is 22.3 Å². The minimum absolute atomic E-state index is 0.00528. The van der Waals surface area contributed by atoms with Crippen LogP contribution >= 0.6 is 15.9 Å². The predicted octanol–water partition coefficient (Wildman–Crippen LogP) is 5.03. The summed E-state index contributed by atoms with van der Waals surface area (Å²) in [6, 6.07) is 13.6. The molecule has 0 N–H and O–H groups in total. The zero-order chi connectivity index (χ0) is 20.1. The summed E-state index contributed by atoms with van der Waals surface area (Å²) in [4.78, 5) is 28.1. The van der Waals surface area contributed by atoms with E-state index in [1.807, 2.05) is 0 Å². The Kier molecular flexibility index (Phi) is 4.13. The lowest BCUT2D eigenvalue weighted by molar-refractivity contribution is 0.0701. The van der Waals surface area contributed by atoms with Crippen molar-refractivity contribution in [2.24, 2.45) is 0 Å². The van der Waals surface area contributed by atoms with Crippen molar-refractivity contribution in [1.29, 1.82) is 0 Å². The Labute approximate surface area is 172 Å². The van der Waals surface area contributed by atoms with Gasteiger partial charge in [-0.1, -0.05) is 28.1 Å². The summed E-state index contributed by atoms with van der Waals surface area (Å²) in [7, 11) is 0. The summed E-state index contributed by atoms with van der Waals surface area (Å²) in [6.07, 6.45) is 1.52. The highest BCUT2D eigenvalue weighted by atomic mass is 79.9. The van der Waals surface area contributed by atoms with Crippen LogP contribution in [0.25, 0.3) is 11.0 Å². The van der Waals surface area contributed by atoms with Gasteiger partial charge in [-0.25, -0.2) is 4.39 Å². The van der Waals surface area contributed by atoms with E-state index in [-0.39, 0.29) is 23.3 Å². The molecule has 144 valence electrons. The van der Waals surface area contributed by atoms with E-state index in [0.717, 1.165) is 4.47 Å². The van der Waals surface area contributed by atoms with Crippen LogP contribution in [0.4, 0.5) is 4.39 Å². The zero-order valence-electron chi connectivity index (χ0n) is 14.9. The molecule has 1 aliphatic rings. The molecule has 2 aromatic carbocycles. The molecule has 5 nitrogen and oxygen atoms in total. The Morgan fingerprint density at radius 1 is 1.07 bits per heavy atom. The summed E-state index contributed by atoms with van der Waals surface area (Å²) >= 11 is 3.37. The van der Waals surface area contributed by atoms with Gasteiger partial charge in [0, 0.05) is 4.47 Å². The van der Waals surface area contributed by atoms with Gasteiger partial charge in [0.05, 0.1) is 29.8 Å². The molecule has 0 aliphatic carbocycles. The third kappa shape index (κ3) is 2.89. The van der Waals surface area contributed by atoms with Crippen molar-refractivity contribution in [1.82, 2.24) is 4.90 Å². The quantitative estimate of drug-likeness (QED) is 0.436. The fourth-order valence-corrected chi connectivity index (χ4v) is 4.08. The zero-order valence-corrected chi connectivity index (χ0v) is 16.5. The van der Waals surface area contributed by atoms with Gasteiger partial charge in [0.1, 0.15) is 17.2 Å². The number of hydrogen-bond donors (Lipinski definition) is 0. The highest BCUT2D eigenvalue weighted by molar-refractivity contribution is 9.10. The Hall–Kier alpha value is -3.19. The summed E-state index contributed by atoms with van der Waals surface area (Å²) in [6.45, 7) is 0.150. The molecule has 0 radical (unpaired) electrons. The molecule has 0 saturated carbocycles. The van der Waals surface area contributed by atoms with Crippen LogP contribution in [0.15, 0.2) is 79.0 Å². The maximum Gasteiger partial charge on any atom is 0.291 e. The normalized spacial score (nSPS) is 15.9. The van der Waals surface area contributed by atoms with Gasteiger partial charge in [-0.3, -0.25) is 9.59 Å². The predicted molar refractivity (Wildman–Crippen MR) is 107 cm³/mol. The number of halogens is 2. The van der Waals surface area contributed by atoms with Crippen LogP contribution in [0.2, 0.25) is 0 Å². The first-order valence-electron chi connectivity index (χ1n) is 8.88. The van der Waals surface area contributed by atoms with E-state index in [2.05, 4.69) is 15.9 Å². The third-order valence-electron chi connectivity index (χ3n) is 5.02. The Balaban J connectivity index is 1.75. The summed E-state index contributed by atoms with van der Waals surface area (Å²) in [5, 5.41) is 0.373. The molecule has 0 fully saturated rings. The second-order valence-electron chi connectivity index (χ2n) is 6.78. The summed E-state index contributed by atoms with van der Waals surface area (Å²) < 4.78 is 25.5. The molecule has 0 saturated heterocycles. The van der Waals surface area contributed by atoms with Crippen LogP contribution in [0.5, 0.6) is 0 Å². The Bertz CT molecular complexity index is 1300. The number of carbonyl (C=O) groups excluding carboxylic acids is 1. The molecule has 2 aromatic heterocycles. The number of furan rings is 1. The van der Waals surface area contributed by atoms with E-state index < -0.39 is 17.8 Å². The van der Waals surface area contributed by atoms with Crippen molar-refractivity contribution < 1.29 is 18.0 Å². The number of carbonyl (C=O) groups is 1. The van der Waals surface area contributed by atoms with Crippen molar-refractivity contribution >= 4 is 32.8 Å². The number of hydrogen-bond acceptors (Lipinski definition) is 4. The maximum absolute atomic E-state index is 13.5. The van der Waals surface area contributed by atoms with E-state index in [9.17, 15) is 14.0 Å². The highest BCUT2D eigenvalue weighted by Crippen LogP contribution is 2.39. The molecule has 1 atom stereocenters. The van der Waals surface area contributed by atoms with Gasteiger partial charge < -0.3 is 13.7 Å². The number of fused-ring (bicyclic) bond motifs is 2. The smallest absolute Gasteiger partial charge is 0.291 e. The van der Waals surface area contributed by atoms with E-state index in [1.54, 1.807) is 42.5 Å². The molecule has 4 aromatic rings. The lowest BCUT2D eigenvalue weighted by Gasteiger charge is -2.24. The van der Waals surface area contributed by atoms with Crippen molar-refractivity contribution in [2.75, 3.05) is 0 Å². The molecule has 0 bridgehead atoms. The van der Waals surface area contributed by atoms with Gasteiger partial charge in [-0.05, 0) is 48.0 Å². The second kappa shape index (κ2) is 6.70. The van der Waals surface area contributed by atoms with Crippen LogP contribution < -0.4 is 5.43 Å². The minimum atomic E-state index is -0.706. The topological polar surface area (TPSA) is 63.7 Å². The Morgan fingerprint density at radius 3 is 2.59 bits per heavy atom. The van der Waals surface area contributed by atoms with E-state index in [1.165, 1.54) is 23.3 Å². The monoisotopic (exact) mass is 453 g/mol. The van der Waals surface area contributed by atoms with Crippen LogP contribution in [0, 0.1) is 5.82 Å². The number of rotatable bonds is 3. The van der Waals surface area contributed by atoms with Gasteiger partial charge in [-0.15, -0.1) is 0 Å². The fourth-order valence-electron chi connectivity index (χ4n) is 3.72. The molecule has 1 amide bonds. The first kappa shape index (κ1) is 17.9. The molecule has 29 heavy (non-hydrogen) atoms. The lowest BCUT2D eigenvalue weighted by Crippen LogP contribution is -2.29.